The molecule has 1 atom stereocenters. The first-order chi connectivity index (χ1) is 12.5. The highest BCUT2D eigenvalue weighted by Gasteiger charge is 2.29. The van der Waals surface area contributed by atoms with Gasteiger partial charge in [0.15, 0.2) is 0 Å². The Kier molecular flexibility index (Phi) is 5.26. The van der Waals surface area contributed by atoms with Crippen LogP contribution in [0.5, 0.6) is 0 Å². The average molecular weight is 352 g/mol. The van der Waals surface area contributed by atoms with Crippen LogP contribution in [0.25, 0.3) is 11.1 Å². The van der Waals surface area contributed by atoms with E-state index in [4.69, 9.17) is 10.5 Å². The van der Waals surface area contributed by atoms with Crippen LogP contribution in [0.2, 0.25) is 0 Å². The van der Waals surface area contributed by atoms with Gasteiger partial charge in [-0.25, -0.2) is 4.79 Å². The number of carbonyl (C=O) groups is 2. The van der Waals surface area contributed by atoms with Gasteiger partial charge in [-0.1, -0.05) is 62.4 Å². The Hall–Kier alpha value is -2.82. The van der Waals surface area contributed by atoms with Crippen molar-refractivity contribution in [2.24, 2.45) is 11.7 Å². The largest absolute Gasteiger partial charge is 0.449 e. The lowest BCUT2D eigenvalue weighted by Crippen LogP contribution is -2.45. The molecular weight excluding hydrogens is 328 g/mol. The molecule has 136 valence electrons. The van der Waals surface area contributed by atoms with E-state index in [-0.39, 0.29) is 18.4 Å². The third-order valence-corrected chi connectivity index (χ3v) is 4.69. The van der Waals surface area contributed by atoms with Crippen LogP contribution in [0.15, 0.2) is 48.5 Å². The number of carbonyl (C=O) groups excluding carboxylic acids is 2. The highest BCUT2D eigenvalue weighted by Crippen LogP contribution is 2.44. The summed E-state index contributed by atoms with van der Waals surface area (Å²) in [4.78, 5) is 23.7. The van der Waals surface area contributed by atoms with Gasteiger partial charge in [-0.15, -0.1) is 0 Å². The van der Waals surface area contributed by atoms with Crippen molar-refractivity contribution in [2.45, 2.75) is 32.2 Å². The number of ether oxygens (including phenoxy) is 1. The zero-order valence-electron chi connectivity index (χ0n) is 15.1. The molecule has 5 nitrogen and oxygen atoms in total. The lowest BCUT2D eigenvalue weighted by atomic mass is 9.98. The average Bonchev–Trinajstić information content (AvgIpc) is 2.93. The Labute approximate surface area is 153 Å². The molecule has 0 fully saturated rings. The Bertz CT molecular complexity index is 771. The fraction of sp³-hybridized carbons (Fsp3) is 0.333. The van der Waals surface area contributed by atoms with Crippen molar-refractivity contribution in [2.75, 3.05) is 6.61 Å². The maximum Gasteiger partial charge on any atom is 0.407 e. The summed E-state index contributed by atoms with van der Waals surface area (Å²) < 4.78 is 5.44. The van der Waals surface area contributed by atoms with E-state index in [1.165, 1.54) is 11.1 Å². The Morgan fingerprint density at radius 1 is 1.04 bits per heavy atom. The maximum atomic E-state index is 12.2. The minimum atomic E-state index is -0.717. The van der Waals surface area contributed by atoms with E-state index in [0.717, 1.165) is 11.1 Å². The molecule has 3 N–H and O–H groups in total. The monoisotopic (exact) mass is 352 g/mol. The van der Waals surface area contributed by atoms with Gasteiger partial charge in [-0.3, -0.25) is 4.79 Å². The highest BCUT2D eigenvalue weighted by atomic mass is 16.5. The molecular formula is C21H24N2O3. The summed E-state index contributed by atoms with van der Waals surface area (Å²) in [5.74, 6) is -0.320. The van der Waals surface area contributed by atoms with Crippen LogP contribution in [-0.2, 0) is 9.53 Å². The van der Waals surface area contributed by atoms with Crippen LogP contribution in [0.3, 0.4) is 0 Å². The van der Waals surface area contributed by atoms with Gasteiger partial charge >= 0.3 is 6.09 Å². The Balaban J connectivity index is 1.70. The molecule has 0 spiro atoms. The topological polar surface area (TPSA) is 81.4 Å². The number of benzene rings is 2. The quantitative estimate of drug-likeness (QED) is 0.836. The molecule has 5 heteroatoms. The summed E-state index contributed by atoms with van der Waals surface area (Å²) >= 11 is 0. The molecule has 1 aliphatic rings. The fourth-order valence-corrected chi connectivity index (χ4v) is 3.50. The van der Waals surface area contributed by atoms with Crippen LogP contribution in [0, 0.1) is 5.92 Å². The molecule has 1 aliphatic carbocycles. The summed E-state index contributed by atoms with van der Waals surface area (Å²) in [7, 11) is 0. The second-order valence-corrected chi connectivity index (χ2v) is 7.05. The lowest BCUT2D eigenvalue weighted by Gasteiger charge is -2.19. The number of fused-ring (bicyclic) bond motifs is 3. The number of nitrogens with two attached hydrogens (primary N) is 1. The Morgan fingerprint density at radius 3 is 2.08 bits per heavy atom. The van der Waals surface area contributed by atoms with Crippen LogP contribution < -0.4 is 11.1 Å². The number of hydrogen-bond donors (Lipinski definition) is 2. The standard InChI is InChI=1S/C21H24N2O3/c1-13(2)11-19(20(22)24)23-21(25)26-12-18-16-9-5-3-7-14(16)15-8-4-6-10-17(15)18/h3-10,13,18-19H,11-12H2,1-2H3,(H2,22,24)(H,23,25)/t19-/m0/s1. The van der Waals surface area contributed by atoms with E-state index in [0.29, 0.717) is 6.42 Å². The lowest BCUT2D eigenvalue weighted by molar-refractivity contribution is -0.120. The number of primary amides is 1. The van der Waals surface area contributed by atoms with Crippen LogP contribution in [0.4, 0.5) is 4.79 Å². The van der Waals surface area contributed by atoms with Gasteiger partial charge < -0.3 is 15.8 Å². The van der Waals surface area contributed by atoms with Gasteiger partial charge in [-0.05, 0) is 34.6 Å². The van der Waals surface area contributed by atoms with E-state index >= 15 is 0 Å². The molecule has 0 bridgehead atoms. The first-order valence-corrected chi connectivity index (χ1v) is 8.88. The van der Waals surface area contributed by atoms with E-state index in [9.17, 15) is 9.59 Å². The van der Waals surface area contributed by atoms with Gasteiger partial charge in [0.2, 0.25) is 5.91 Å². The van der Waals surface area contributed by atoms with Gasteiger partial charge in [0, 0.05) is 5.92 Å². The summed E-state index contributed by atoms with van der Waals surface area (Å²) in [6.07, 6.45) is -0.129. The first-order valence-electron chi connectivity index (χ1n) is 8.88. The molecule has 0 heterocycles. The maximum absolute atomic E-state index is 12.2. The van der Waals surface area contributed by atoms with Crippen molar-refractivity contribution in [3.05, 3.63) is 59.7 Å². The van der Waals surface area contributed by atoms with Gasteiger partial charge in [-0.2, -0.15) is 0 Å². The SMILES string of the molecule is CC(C)C[C@H](NC(=O)OCC1c2ccccc2-c2ccccc21)C(N)=O. The molecule has 2 aromatic rings. The van der Waals surface area contributed by atoms with E-state index in [2.05, 4.69) is 29.6 Å². The molecule has 26 heavy (non-hydrogen) atoms. The second kappa shape index (κ2) is 7.60. The normalized spacial score (nSPS) is 13.8. The number of hydrogen-bond acceptors (Lipinski definition) is 3. The third-order valence-electron chi connectivity index (χ3n) is 4.69. The van der Waals surface area contributed by atoms with Crippen molar-refractivity contribution in [3.63, 3.8) is 0 Å². The molecule has 2 amide bonds. The molecule has 0 aliphatic heterocycles. The van der Waals surface area contributed by atoms with Crippen molar-refractivity contribution in [1.29, 1.82) is 0 Å². The van der Waals surface area contributed by atoms with E-state index in [1.807, 2.05) is 38.1 Å². The van der Waals surface area contributed by atoms with Gasteiger partial charge in [0.05, 0.1) is 0 Å². The van der Waals surface area contributed by atoms with Crippen molar-refractivity contribution < 1.29 is 14.3 Å². The molecule has 0 saturated carbocycles. The van der Waals surface area contributed by atoms with Gasteiger partial charge in [0.1, 0.15) is 12.6 Å². The van der Waals surface area contributed by atoms with Crippen LogP contribution in [-0.4, -0.2) is 24.6 Å². The Morgan fingerprint density at radius 2 is 1.58 bits per heavy atom. The second-order valence-electron chi connectivity index (χ2n) is 7.05. The minimum absolute atomic E-state index is 0.00900. The van der Waals surface area contributed by atoms with Crippen LogP contribution in [0.1, 0.15) is 37.3 Å². The number of rotatable bonds is 6. The predicted octanol–water partition coefficient (Wildman–Crippen LogP) is 3.43. The van der Waals surface area contributed by atoms with Crippen molar-refractivity contribution in [3.8, 4) is 11.1 Å². The van der Waals surface area contributed by atoms with Crippen molar-refractivity contribution >= 4 is 12.0 Å². The molecule has 2 aromatic carbocycles. The third kappa shape index (κ3) is 3.72. The molecule has 0 unspecified atom stereocenters. The minimum Gasteiger partial charge on any atom is -0.449 e. The van der Waals surface area contributed by atoms with Gasteiger partial charge in [0.25, 0.3) is 0 Å². The number of alkyl carbamates (subject to hydrolysis) is 1. The summed E-state index contributed by atoms with van der Waals surface area (Å²) in [5, 5.41) is 2.58. The molecule has 0 radical (unpaired) electrons. The van der Waals surface area contributed by atoms with Crippen molar-refractivity contribution in [1.82, 2.24) is 5.32 Å². The van der Waals surface area contributed by atoms with Crippen LogP contribution >= 0.6 is 0 Å². The highest BCUT2D eigenvalue weighted by molar-refractivity contribution is 5.84. The zero-order valence-corrected chi connectivity index (χ0v) is 15.1. The van der Waals surface area contributed by atoms with E-state index in [1.54, 1.807) is 0 Å². The number of nitrogens with one attached hydrogen (secondary N) is 1. The predicted molar refractivity (Wildman–Crippen MR) is 101 cm³/mol. The summed E-state index contributed by atoms with van der Waals surface area (Å²) in [6.45, 7) is 4.15. The summed E-state index contributed by atoms with van der Waals surface area (Å²) in [5.41, 5.74) is 10.0. The molecule has 3 rings (SSSR count). The smallest absolute Gasteiger partial charge is 0.407 e. The van der Waals surface area contributed by atoms with E-state index < -0.39 is 18.0 Å². The first kappa shape index (κ1) is 18.0. The molecule has 0 aromatic heterocycles. The number of amides is 2. The molecule has 0 saturated heterocycles. The fourth-order valence-electron chi connectivity index (χ4n) is 3.50. The summed E-state index contributed by atoms with van der Waals surface area (Å²) in [6, 6.07) is 15.6. The zero-order chi connectivity index (χ0) is 18.7.